The van der Waals surface area contributed by atoms with Crippen molar-refractivity contribution in [3.63, 3.8) is 0 Å². The van der Waals surface area contributed by atoms with Gasteiger partial charge in [0.15, 0.2) is 5.38 Å². The van der Waals surface area contributed by atoms with Crippen molar-refractivity contribution in [3.8, 4) is 0 Å². The standard InChI is InChI=1S/C10H9N2OS/c11-8-5-13-9-4-10-6(3-7(8)9)1-2-14(10)12/h1-5H,11-12H2/q+1. The Morgan fingerprint density at radius 2 is 2.14 bits per heavy atom. The molecule has 14 heavy (non-hydrogen) atoms. The van der Waals surface area contributed by atoms with Gasteiger partial charge in [-0.15, -0.1) is 5.14 Å². The molecule has 70 valence electrons. The molecule has 4 N–H and O–H groups in total. The summed E-state index contributed by atoms with van der Waals surface area (Å²) in [6, 6.07) is 6.04. The van der Waals surface area contributed by atoms with Crippen LogP contribution in [0.2, 0.25) is 0 Å². The number of nitrogens with two attached hydrogens (primary N) is 2. The summed E-state index contributed by atoms with van der Waals surface area (Å²) in [7, 11) is -0.276. The van der Waals surface area contributed by atoms with E-state index in [-0.39, 0.29) is 10.7 Å². The molecule has 3 nitrogen and oxygen atoms in total. The Labute approximate surface area is 83.0 Å². The SMILES string of the molecule is Nc1coc2cc3c(cc[s+]3N)cc12. The van der Waals surface area contributed by atoms with Gasteiger partial charge in [0, 0.05) is 22.9 Å². The number of furan rings is 1. The molecule has 3 aromatic rings. The summed E-state index contributed by atoms with van der Waals surface area (Å²) in [5, 5.41) is 10.0. The highest BCUT2D eigenvalue weighted by molar-refractivity contribution is 7.35. The molecule has 1 aromatic carbocycles. The van der Waals surface area contributed by atoms with Gasteiger partial charge >= 0.3 is 0 Å². The third kappa shape index (κ3) is 0.893. The average molecular weight is 205 g/mol. The number of nitrogen functional groups attached to an aromatic ring is 2. The third-order valence-corrected chi connectivity index (χ3v) is 3.67. The monoisotopic (exact) mass is 205 g/mol. The van der Waals surface area contributed by atoms with Gasteiger partial charge in [-0.25, -0.2) is 0 Å². The van der Waals surface area contributed by atoms with Crippen LogP contribution in [0, 0.1) is 0 Å². The van der Waals surface area contributed by atoms with E-state index < -0.39 is 0 Å². The lowest BCUT2D eigenvalue weighted by Gasteiger charge is -1.88. The lowest BCUT2D eigenvalue weighted by molar-refractivity contribution is 0.618. The molecule has 3 rings (SSSR count). The van der Waals surface area contributed by atoms with Crippen molar-refractivity contribution in [2.24, 2.45) is 0 Å². The highest BCUT2D eigenvalue weighted by Crippen LogP contribution is 2.33. The number of hydrogen-bond acceptors (Lipinski definition) is 3. The molecule has 0 fully saturated rings. The minimum Gasteiger partial charge on any atom is -0.462 e. The Hall–Kier alpha value is -1.52. The maximum atomic E-state index is 5.91. The topological polar surface area (TPSA) is 65.2 Å². The van der Waals surface area contributed by atoms with Gasteiger partial charge in [-0.2, -0.15) is 0 Å². The third-order valence-electron chi connectivity index (χ3n) is 2.38. The van der Waals surface area contributed by atoms with Crippen LogP contribution in [0.15, 0.2) is 34.3 Å². The van der Waals surface area contributed by atoms with Gasteiger partial charge in [-0.05, 0) is 6.07 Å². The fraction of sp³-hybridized carbons (Fsp3) is 0. The van der Waals surface area contributed by atoms with Crippen LogP contribution in [-0.2, 0) is 0 Å². The molecular formula is C10H9N2OS+. The summed E-state index contributed by atoms with van der Waals surface area (Å²) in [6.45, 7) is 0. The number of fused-ring (bicyclic) bond motifs is 2. The zero-order valence-electron chi connectivity index (χ0n) is 7.36. The first-order valence-corrected chi connectivity index (χ1v) is 5.57. The van der Waals surface area contributed by atoms with E-state index in [2.05, 4.69) is 0 Å². The lowest BCUT2D eigenvalue weighted by Crippen LogP contribution is -1.80. The molecule has 0 radical (unpaired) electrons. The first-order chi connectivity index (χ1) is 6.75. The van der Waals surface area contributed by atoms with Crippen LogP contribution < -0.4 is 10.9 Å². The Morgan fingerprint density at radius 1 is 1.29 bits per heavy atom. The normalized spacial score (nSPS) is 12.8. The van der Waals surface area contributed by atoms with Gasteiger partial charge in [0.05, 0.1) is 16.3 Å². The van der Waals surface area contributed by atoms with Gasteiger partial charge in [0.1, 0.15) is 11.8 Å². The Balaban J connectivity index is 2.56. The number of hydrogen-bond donors (Lipinski definition) is 2. The first kappa shape index (κ1) is 7.84. The van der Waals surface area contributed by atoms with Crippen LogP contribution in [0.3, 0.4) is 0 Å². The second-order valence-electron chi connectivity index (χ2n) is 3.25. The zero-order valence-corrected chi connectivity index (χ0v) is 8.17. The predicted molar refractivity (Wildman–Crippen MR) is 60.8 cm³/mol. The van der Waals surface area contributed by atoms with Crippen molar-refractivity contribution < 1.29 is 4.42 Å². The summed E-state index contributed by atoms with van der Waals surface area (Å²) in [4.78, 5) is 0. The predicted octanol–water partition coefficient (Wildman–Crippen LogP) is 2.63. The zero-order chi connectivity index (χ0) is 9.71. The Morgan fingerprint density at radius 3 is 3.00 bits per heavy atom. The van der Waals surface area contributed by atoms with Crippen LogP contribution in [0.4, 0.5) is 5.69 Å². The Bertz CT molecular complexity index is 567. The number of anilines is 1. The molecule has 0 bridgehead atoms. The quantitative estimate of drug-likeness (QED) is 0.554. The lowest BCUT2D eigenvalue weighted by atomic mass is 10.2. The summed E-state index contributed by atoms with van der Waals surface area (Å²) >= 11 is 0. The van der Waals surface area contributed by atoms with Crippen molar-refractivity contribution in [1.82, 2.24) is 0 Å². The summed E-state index contributed by atoms with van der Waals surface area (Å²) < 4.78 is 6.45. The summed E-state index contributed by atoms with van der Waals surface area (Å²) in [5.41, 5.74) is 7.25. The second kappa shape index (κ2) is 2.50. The van der Waals surface area contributed by atoms with E-state index in [1.165, 1.54) is 0 Å². The van der Waals surface area contributed by atoms with Gasteiger partial charge in [-0.3, -0.25) is 0 Å². The van der Waals surface area contributed by atoms with Gasteiger partial charge < -0.3 is 10.2 Å². The molecule has 2 aromatic heterocycles. The van der Waals surface area contributed by atoms with E-state index >= 15 is 0 Å². The largest absolute Gasteiger partial charge is 0.462 e. The molecule has 1 atom stereocenters. The average Bonchev–Trinajstić information content (AvgIpc) is 2.71. The maximum Gasteiger partial charge on any atom is 0.205 e. The van der Waals surface area contributed by atoms with E-state index in [0.717, 1.165) is 21.1 Å². The summed E-state index contributed by atoms with van der Waals surface area (Å²) in [5.74, 6) is 0. The molecule has 0 aliphatic heterocycles. The van der Waals surface area contributed by atoms with Gasteiger partial charge in [0.2, 0.25) is 4.70 Å². The van der Waals surface area contributed by atoms with Crippen molar-refractivity contribution in [3.05, 3.63) is 29.8 Å². The van der Waals surface area contributed by atoms with E-state index in [1.54, 1.807) is 6.26 Å². The van der Waals surface area contributed by atoms with E-state index in [9.17, 15) is 0 Å². The van der Waals surface area contributed by atoms with Gasteiger partial charge in [0.25, 0.3) is 0 Å². The first-order valence-electron chi connectivity index (χ1n) is 4.22. The molecule has 1 unspecified atom stereocenters. The van der Waals surface area contributed by atoms with Gasteiger partial charge in [-0.1, -0.05) is 0 Å². The number of thiophene rings is 1. The fourth-order valence-corrected chi connectivity index (χ4v) is 2.73. The second-order valence-corrected chi connectivity index (χ2v) is 4.71. The fourth-order valence-electron chi connectivity index (χ4n) is 1.65. The van der Waals surface area contributed by atoms with Crippen molar-refractivity contribution in [2.75, 3.05) is 10.9 Å². The molecule has 0 saturated carbocycles. The van der Waals surface area contributed by atoms with E-state index in [1.807, 2.05) is 23.6 Å². The van der Waals surface area contributed by atoms with Crippen molar-refractivity contribution in [2.45, 2.75) is 0 Å². The van der Waals surface area contributed by atoms with Crippen LogP contribution in [0.25, 0.3) is 21.1 Å². The molecule has 4 heteroatoms. The molecule has 0 aliphatic rings. The Kier molecular flexibility index (Phi) is 1.40. The number of benzene rings is 1. The van der Waals surface area contributed by atoms with Crippen LogP contribution in [0.5, 0.6) is 0 Å². The summed E-state index contributed by atoms with van der Waals surface area (Å²) in [6.07, 6.45) is 1.57. The molecular weight excluding hydrogens is 196 g/mol. The smallest absolute Gasteiger partial charge is 0.205 e. The van der Waals surface area contributed by atoms with Crippen LogP contribution in [0.1, 0.15) is 0 Å². The van der Waals surface area contributed by atoms with Crippen LogP contribution >= 0.6 is 10.7 Å². The van der Waals surface area contributed by atoms with E-state index in [0.29, 0.717) is 5.69 Å². The molecule has 0 saturated heterocycles. The van der Waals surface area contributed by atoms with E-state index in [4.69, 9.17) is 15.3 Å². The molecule has 0 spiro atoms. The van der Waals surface area contributed by atoms with Crippen molar-refractivity contribution >= 4 is 37.4 Å². The van der Waals surface area contributed by atoms with Crippen LogP contribution in [-0.4, -0.2) is 0 Å². The highest BCUT2D eigenvalue weighted by atomic mass is 32.2. The highest BCUT2D eigenvalue weighted by Gasteiger charge is 2.12. The molecule has 0 aliphatic carbocycles. The number of rotatable bonds is 0. The van der Waals surface area contributed by atoms with Crippen molar-refractivity contribution in [1.29, 1.82) is 0 Å². The minimum atomic E-state index is -0.276. The molecule has 0 amide bonds. The maximum absolute atomic E-state index is 5.91. The molecule has 2 heterocycles. The minimum absolute atomic E-state index is 0.276.